The Balaban J connectivity index is 1.74. The van der Waals surface area contributed by atoms with Gasteiger partial charge in [-0.2, -0.15) is 4.31 Å². The maximum Gasteiger partial charge on any atom is 0.338 e. The van der Waals surface area contributed by atoms with Crippen LogP contribution in [0, 0.1) is 0 Å². The Bertz CT molecular complexity index is 964. The molecule has 0 amide bonds. The quantitative estimate of drug-likeness (QED) is 0.531. The fourth-order valence-electron chi connectivity index (χ4n) is 3.33. The molecule has 1 heterocycles. The minimum absolute atomic E-state index is 0.0656. The molecule has 29 heavy (non-hydrogen) atoms. The number of hydrogen-bond acceptors (Lipinski definition) is 5. The normalized spacial score (nSPS) is 16.6. The molecular weight excluding hydrogens is 390 g/mol. The van der Waals surface area contributed by atoms with E-state index in [2.05, 4.69) is 0 Å². The first-order chi connectivity index (χ1) is 13.9. The third kappa shape index (κ3) is 5.10. The number of Topliss-reactive ketones (excluding diaryl/α,β-unsaturated/α-hetero) is 1. The van der Waals surface area contributed by atoms with E-state index in [0.29, 0.717) is 18.7 Å². The predicted molar refractivity (Wildman–Crippen MR) is 109 cm³/mol. The van der Waals surface area contributed by atoms with E-state index in [1.807, 2.05) is 0 Å². The molecule has 1 aliphatic rings. The largest absolute Gasteiger partial charge is 0.451 e. The summed E-state index contributed by atoms with van der Waals surface area (Å²) in [6.45, 7) is 2.48. The van der Waals surface area contributed by atoms with E-state index in [1.54, 1.807) is 30.3 Å². The number of benzene rings is 2. The van der Waals surface area contributed by atoms with Crippen LogP contribution in [0.2, 0.25) is 0 Å². The van der Waals surface area contributed by atoms with Gasteiger partial charge in [0.25, 0.3) is 0 Å². The van der Waals surface area contributed by atoms with Crippen molar-refractivity contribution in [3.05, 3.63) is 65.7 Å². The van der Waals surface area contributed by atoms with Crippen LogP contribution in [-0.4, -0.2) is 43.7 Å². The number of carbonyl (C=O) groups is 2. The lowest BCUT2D eigenvalue weighted by molar-refractivity contribution is 0.0318. The van der Waals surface area contributed by atoms with Gasteiger partial charge in [-0.25, -0.2) is 13.2 Å². The number of rotatable bonds is 6. The van der Waals surface area contributed by atoms with Crippen molar-refractivity contribution in [1.82, 2.24) is 4.31 Å². The molecule has 0 radical (unpaired) electrons. The number of esters is 1. The van der Waals surface area contributed by atoms with Gasteiger partial charge in [0, 0.05) is 18.7 Å². The molecule has 0 aromatic heterocycles. The number of ether oxygens (including phenoxy) is 1. The summed E-state index contributed by atoms with van der Waals surface area (Å²) in [6, 6.07) is 14.4. The van der Waals surface area contributed by atoms with Gasteiger partial charge >= 0.3 is 5.97 Å². The Morgan fingerprint density at radius 1 is 0.897 bits per heavy atom. The highest BCUT2D eigenvalue weighted by Crippen LogP contribution is 2.21. The van der Waals surface area contributed by atoms with Gasteiger partial charge in [0.05, 0.1) is 10.5 Å². The zero-order valence-corrected chi connectivity index (χ0v) is 17.2. The third-order valence-electron chi connectivity index (χ3n) is 4.98. The van der Waals surface area contributed by atoms with E-state index < -0.39 is 22.1 Å². The van der Waals surface area contributed by atoms with Crippen LogP contribution < -0.4 is 0 Å². The minimum Gasteiger partial charge on any atom is -0.451 e. The number of carbonyl (C=O) groups excluding carboxylic acids is 2. The van der Waals surface area contributed by atoms with E-state index >= 15 is 0 Å². The van der Waals surface area contributed by atoms with Gasteiger partial charge in [0.15, 0.2) is 6.10 Å². The fraction of sp³-hybridized carbons (Fsp3) is 0.364. The summed E-state index contributed by atoms with van der Waals surface area (Å²) in [5.74, 6) is -1.04. The van der Waals surface area contributed by atoms with Crippen molar-refractivity contribution in [2.45, 2.75) is 43.6 Å². The molecule has 154 valence electrons. The maximum atomic E-state index is 12.9. The Kier molecular flexibility index (Phi) is 6.82. The van der Waals surface area contributed by atoms with Gasteiger partial charge in [-0.05, 0) is 38.0 Å². The molecule has 1 atom stereocenters. The minimum atomic E-state index is -3.67. The van der Waals surface area contributed by atoms with Gasteiger partial charge in [-0.15, -0.1) is 0 Å². The third-order valence-corrected chi connectivity index (χ3v) is 6.88. The summed E-state index contributed by atoms with van der Waals surface area (Å²) in [5.41, 5.74) is 0.555. The van der Waals surface area contributed by atoms with Crippen LogP contribution in [0.4, 0.5) is 0 Å². The topological polar surface area (TPSA) is 80.8 Å². The highest BCUT2D eigenvalue weighted by atomic mass is 32.2. The summed E-state index contributed by atoms with van der Waals surface area (Å²) in [6.07, 6.45) is 2.73. The highest BCUT2D eigenvalue weighted by molar-refractivity contribution is 7.89. The molecule has 3 rings (SSSR count). The summed E-state index contributed by atoms with van der Waals surface area (Å²) >= 11 is 0. The van der Waals surface area contributed by atoms with Gasteiger partial charge < -0.3 is 4.74 Å². The molecule has 0 unspecified atom stereocenters. The number of hydrogen-bond donors (Lipinski definition) is 0. The van der Waals surface area contributed by atoms with Gasteiger partial charge in [-0.1, -0.05) is 49.2 Å². The molecule has 1 aliphatic heterocycles. The molecule has 0 saturated carbocycles. The zero-order valence-electron chi connectivity index (χ0n) is 16.4. The van der Waals surface area contributed by atoms with Gasteiger partial charge in [-0.3, -0.25) is 4.79 Å². The summed E-state index contributed by atoms with van der Waals surface area (Å²) in [5, 5.41) is 0. The van der Waals surface area contributed by atoms with Crippen molar-refractivity contribution >= 4 is 21.8 Å². The first-order valence-corrected chi connectivity index (χ1v) is 11.2. The summed E-state index contributed by atoms with van der Waals surface area (Å²) < 4.78 is 32.7. The van der Waals surface area contributed by atoms with E-state index in [1.165, 1.54) is 35.5 Å². The lowest BCUT2D eigenvalue weighted by Crippen LogP contribution is -2.32. The summed E-state index contributed by atoms with van der Waals surface area (Å²) in [7, 11) is -3.67. The standard InChI is InChI=1S/C22H25NO5S/c1-17(21(24)18-10-5-4-6-11-18)28-22(25)19-12-9-13-20(16-19)29(26,27)23-14-7-2-3-8-15-23/h4-6,9-13,16-17H,2-3,7-8,14-15H2,1H3/t17-/m1/s1. The molecule has 7 heteroatoms. The SMILES string of the molecule is C[C@@H](OC(=O)c1cccc(S(=O)(=O)N2CCCCCC2)c1)C(=O)c1ccccc1. The van der Waals surface area contributed by atoms with Crippen molar-refractivity contribution in [2.24, 2.45) is 0 Å². The first kappa shape index (κ1) is 21.2. The monoisotopic (exact) mass is 415 g/mol. The van der Waals surface area contributed by atoms with Crippen molar-refractivity contribution in [3.8, 4) is 0 Å². The van der Waals surface area contributed by atoms with Crippen LogP contribution in [0.3, 0.4) is 0 Å². The smallest absolute Gasteiger partial charge is 0.338 e. The van der Waals surface area contributed by atoms with E-state index in [0.717, 1.165) is 25.7 Å². The molecule has 0 spiro atoms. The van der Waals surface area contributed by atoms with Crippen LogP contribution in [0.5, 0.6) is 0 Å². The fourth-order valence-corrected chi connectivity index (χ4v) is 4.90. The Morgan fingerprint density at radius 2 is 1.52 bits per heavy atom. The van der Waals surface area contributed by atoms with Crippen molar-refractivity contribution in [1.29, 1.82) is 0 Å². The van der Waals surface area contributed by atoms with Crippen LogP contribution in [0.15, 0.2) is 59.5 Å². The molecule has 6 nitrogen and oxygen atoms in total. The average Bonchev–Trinajstić information content (AvgIpc) is 3.04. The lowest BCUT2D eigenvalue weighted by Gasteiger charge is -2.20. The van der Waals surface area contributed by atoms with Crippen LogP contribution in [0.1, 0.15) is 53.3 Å². The second-order valence-corrected chi connectivity index (χ2v) is 9.06. The molecular formula is C22H25NO5S. The maximum absolute atomic E-state index is 12.9. The second kappa shape index (κ2) is 9.33. The number of sulfonamides is 1. The average molecular weight is 416 g/mol. The molecule has 0 bridgehead atoms. The van der Waals surface area contributed by atoms with Crippen LogP contribution >= 0.6 is 0 Å². The van der Waals surface area contributed by atoms with Crippen LogP contribution in [-0.2, 0) is 14.8 Å². The van der Waals surface area contributed by atoms with E-state index in [4.69, 9.17) is 4.74 Å². The van der Waals surface area contributed by atoms with E-state index in [9.17, 15) is 18.0 Å². The molecule has 1 saturated heterocycles. The second-order valence-electron chi connectivity index (χ2n) is 7.12. The molecule has 0 N–H and O–H groups in total. The number of ketones is 1. The van der Waals surface area contributed by atoms with Gasteiger partial charge in [0.2, 0.25) is 15.8 Å². The predicted octanol–water partition coefficient (Wildman–Crippen LogP) is 3.68. The van der Waals surface area contributed by atoms with Crippen molar-refractivity contribution in [3.63, 3.8) is 0 Å². The molecule has 2 aromatic rings. The van der Waals surface area contributed by atoms with Crippen molar-refractivity contribution in [2.75, 3.05) is 13.1 Å². The Morgan fingerprint density at radius 3 is 2.17 bits per heavy atom. The van der Waals surface area contributed by atoms with Crippen molar-refractivity contribution < 1.29 is 22.7 Å². The van der Waals surface area contributed by atoms with Gasteiger partial charge in [0.1, 0.15) is 0 Å². The summed E-state index contributed by atoms with van der Waals surface area (Å²) in [4.78, 5) is 25.0. The first-order valence-electron chi connectivity index (χ1n) is 9.80. The molecule has 1 fully saturated rings. The zero-order chi connectivity index (χ0) is 20.9. The lowest BCUT2D eigenvalue weighted by atomic mass is 10.1. The Hall–Kier alpha value is -2.51. The number of nitrogens with zero attached hydrogens (tertiary/aromatic N) is 1. The van der Waals surface area contributed by atoms with E-state index in [-0.39, 0.29) is 16.2 Å². The highest BCUT2D eigenvalue weighted by Gasteiger charge is 2.27. The Labute approximate surface area is 171 Å². The van der Waals surface area contributed by atoms with Crippen LogP contribution in [0.25, 0.3) is 0 Å². The molecule has 0 aliphatic carbocycles. The molecule has 2 aromatic carbocycles.